The minimum atomic E-state index is -0.881. The Balaban J connectivity index is 0.000000352. The molecule has 7 heteroatoms. The highest BCUT2D eigenvalue weighted by Gasteiger charge is 2.18. The zero-order chi connectivity index (χ0) is 19.2. The topological polar surface area (TPSA) is 83.3 Å². The third kappa shape index (κ3) is 5.70. The van der Waals surface area contributed by atoms with Crippen molar-refractivity contribution in [3.05, 3.63) is 48.3 Å². The maximum absolute atomic E-state index is 10.9. The average Bonchev–Trinajstić information content (AvgIpc) is 3.12. The number of hydrogen-bond donors (Lipinski definition) is 2. The van der Waals surface area contributed by atoms with Crippen molar-refractivity contribution in [1.29, 1.82) is 0 Å². The summed E-state index contributed by atoms with van der Waals surface area (Å²) < 4.78 is 1.72. The van der Waals surface area contributed by atoms with Crippen LogP contribution < -0.4 is 5.32 Å². The molecule has 140 valence electrons. The number of carbonyl (C=O) groups is 1. The number of para-hydroxylation sites is 1. The Bertz CT molecular complexity index is 747. The summed E-state index contributed by atoms with van der Waals surface area (Å²) >= 11 is 0. The fourth-order valence-electron chi connectivity index (χ4n) is 2.19. The lowest BCUT2D eigenvalue weighted by Crippen LogP contribution is -2.33. The molecule has 2 N–H and O–H groups in total. The third-order valence-electron chi connectivity index (χ3n) is 4.07. The van der Waals surface area contributed by atoms with Gasteiger partial charge in [-0.2, -0.15) is 0 Å². The number of nitrogens with one attached hydrogen (secondary N) is 1. The molecule has 3 rings (SSSR count). The Hall–Kier alpha value is -2.67. The second kappa shape index (κ2) is 8.62. The van der Waals surface area contributed by atoms with Gasteiger partial charge in [0.25, 0.3) is 0 Å². The van der Waals surface area contributed by atoms with E-state index in [0.29, 0.717) is 25.0 Å². The van der Waals surface area contributed by atoms with E-state index >= 15 is 0 Å². The molecule has 7 nitrogen and oxygen atoms in total. The van der Waals surface area contributed by atoms with E-state index in [9.17, 15) is 4.79 Å². The van der Waals surface area contributed by atoms with Crippen molar-refractivity contribution in [2.24, 2.45) is 0 Å². The Labute approximate surface area is 154 Å². The zero-order valence-electron chi connectivity index (χ0n) is 15.8. The number of amides is 1. The van der Waals surface area contributed by atoms with Crippen LogP contribution in [0.5, 0.6) is 0 Å². The molecule has 0 unspecified atom stereocenters. The predicted molar refractivity (Wildman–Crippen MR) is 102 cm³/mol. The van der Waals surface area contributed by atoms with Crippen LogP contribution in [0.3, 0.4) is 0 Å². The quantitative estimate of drug-likeness (QED) is 0.863. The van der Waals surface area contributed by atoms with E-state index in [2.05, 4.69) is 36.4 Å². The zero-order valence-corrected chi connectivity index (χ0v) is 15.8. The van der Waals surface area contributed by atoms with Crippen molar-refractivity contribution in [3.8, 4) is 5.69 Å². The predicted octanol–water partition coefficient (Wildman–Crippen LogP) is 3.04. The van der Waals surface area contributed by atoms with Gasteiger partial charge in [-0.1, -0.05) is 29.5 Å². The summed E-state index contributed by atoms with van der Waals surface area (Å²) in [7, 11) is 1.96. The average molecular weight is 357 g/mol. The lowest BCUT2D eigenvalue weighted by atomic mass is 10.1. The van der Waals surface area contributed by atoms with Crippen molar-refractivity contribution in [2.75, 3.05) is 20.1 Å². The van der Waals surface area contributed by atoms with Gasteiger partial charge in [-0.25, -0.2) is 9.48 Å². The molecule has 26 heavy (non-hydrogen) atoms. The summed E-state index contributed by atoms with van der Waals surface area (Å²) in [6.07, 6.45) is 3.56. The molecule has 1 aliphatic heterocycles. The second-order valence-corrected chi connectivity index (χ2v) is 7.09. The Morgan fingerprint density at radius 3 is 2.38 bits per heavy atom. The molecule has 1 amide bonds. The van der Waals surface area contributed by atoms with Crippen LogP contribution in [0, 0.1) is 0 Å². The Kier molecular flexibility index (Phi) is 6.52. The first-order valence-corrected chi connectivity index (χ1v) is 8.64. The van der Waals surface area contributed by atoms with Crippen LogP contribution in [0.15, 0.2) is 42.6 Å². The monoisotopic (exact) mass is 357 g/mol. The van der Waals surface area contributed by atoms with E-state index in [0.717, 1.165) is 17.0 Å². The normalized spacial score (nSPS) is 14.3. The molecule has 0 radical (unpaired) electrons. The summed E-state index contributed by atoms with van der Waals surface area (Å²) in [6.45, 7) is 7.30. The fourth-order valence-corrected chi connectivity index (χ4v) is 2.19. The molecule has 0 spiro atoms. The van der Waals surface area contributed by atoms with E-state index in [1.807, 2.05) is 49.7 Å². The molecule has 1 aromatic carbocycles. The Morgan fingerprint density at radius 1 is 1.23 bits per heavy atom. The maximum Gasteiger partial charge on any atom is 0.407 e. The first-order valence-electron chi connectivity index (χ1n) is 8.64. The number of hydrogen-bond acceptors (Lipinski definition) is 4. The van der Waals surface area contributed by atoms with E-state index in [-0.39, 0.29) is 0 Å². The maximum atomic E-state index is 10.9. The van der Waals surface area contributed by atoms with Crippen LogP contribution in [0.2, 0.25) is 0 Å². The van der Waals surface area contributed by atoms with Gasteiger partial charge in [-0.3, -0.25) is 0 Å². The van der Waals surface area contributed by atoms with Gasteiger partial charge in [0, 0.05) is 18.6 Å². The molecule has 1 aliphatic rings. The molecule has 0 fully saturated rings. The minimum absolute atomic E-state index is 0.292. The van der Waals surface area contributed by atoms with Crippen LogP contribution in [0.25, 0.3) is 11.3 Å². The molecule has 1 aromatic heterocycles. The molecule has 0 atom stereocenters. The van der Waals surface area contributed by atoms with Crippen LogP contribution in [0.1, 0.15) is 32.9 Å². The van der Waals surface area contributed by atoms with Crippen LogP contribution >= 0.6 is 0 Å². The summed E-state index contributed by atoms with van der Waals surface area (Å²) in [4.78, 5) is 12.2. The molecule has 0 saturated carbocycles. The fraction of sp³-hybridized carbons (Fsp3) is 0.421. The number of rotatable bonds is 2. The standard InChI is InChI=1S/C14H14N4O2.C5H13N/c19-14(20)17-8-6-11(7-9-17)13-10-18(16-15-13)12-4-2-1-3-5-12;1-5(2,3)6-4/h1-6,10H,7-9H2,(H,19,20);6H,1-4H3. The summed E-state index contributed by atoms with van der Waals surface area (Å²) in [5.41, 5.74) is 3.10. The van der Waals surface area contributed by atoms with Crippen molar-refractivity contribution in [1.82, 2.24) is 25.2 Å². The molecule has 0 aliphatic carbocycles. The first-order chi connectivity index (χ1) is 12.3. The Morgan fingerprint density at radius 2 is 1.88 bits per heavy atom. The van der Waals surface area contributed by atoms with Crippen molar-refractivity contribution < 1.29 is 9.90 Å². The lowest BCUT2D eigenvalue weighted by molar-refractivity contribution is 0.150. The number of carboxylic acid groups (broad SMARTS) is 1. The van der Waals surface area contributed by atoms with E-state index in [4.69, 9.17) is 5.11 Å². The third-order valence-corrected chi connectivity index (χ3v) is 4.07. The van der Waals surface area contributed by atoms with Gasteiger partial charge in [0.2, 0.25) is 0 Å². The highest BCUT2D eigenvalue weighted by atomic mass is 16.4. The number of nitrogens with zero attached hydrogens (tertiary/aromatic N) is 4. The smallest absolute Gasteiger partial charge is 0.407 e. The first kappa shape index (κ1) is 19.7. The second-order valence-electron chi connectivity index (χ2n) is 7.09. The van der Waals surface area contributed by atoms with E-state index in [1.54, 1.807) is 4.68 Å². The largest absolute Gasteiger partial charge is 0.465 e. The van der Waals surface area contributed by atoms with Gasteiger partial charge < -0.3 is 15.3 Å². The SMILES string of the molecule is CNC(C)(C)C.O=C(O)N1CC=C(c2cn(-c3ccccc3)nn2)CC1. The van der Waals surface area contributed by atoms with E-state index in [1.165, 1.54) is 4.90 Å². The highest BCUT2D eigenvalue weighted by Crippen LogP contribution is 2.21. The molecule has 0 saturated heterocycles. The van der Waals surface area contributed by atoms with Gasteiger partial charge in [0.05, 0.1) is 11.9 Å². The minimum Gasteiger partial charge on any atom is -0.465 e. The van der Waals surface area contributed by atoms with Gasteiger partial charge >= 0.3 is 6.09 Å². The van der Waals surface area contributed by atoms with Gasteiger partial charge in [0.15, 0.2) is 0 Å². The van der Waals surface area contributed by atoms with Gasteiger partial charge in [-0.05, 0) is 51.9 Å². The summed E-state index contributed by atoms with van der Waals surface area (Å²) in [6, 6.07) is 9.76. The van der Waals surface area contributed by atoms with Crippen molar-refractivity contribution >= 4 is 11.7 Å². The molecule has 0 bridgehead atoms. The van der Waals surface area contributed by atoms with Crippen LogP contribution in [-0.4, -0.2) is 56.8 Å². The van der Waals surface area contributed by atoms with Gasteiger partial charge in [0.1, 0.15) is 5.69 Å². The van der Waals surface area contributed by atoms with Gasteiger partial charge in [-0.15, -0.1) is 5.10 Å². The summed E-state index contributed by atoms with van der Waals surface area (Å²) in [5.74, 6) is 0. The lowest BCUT2D eigenvalue weighted by Gasteiger charge is -2.22. The number of aromatic nitrogens is 3. The highest BCUT2D eigenvalue weighted by molar-refractivity contribution is 5.69. The van der Waals surface area contributed by atoms with Crippen LogP contribution in [0.4, 0.5) is 4.79 Å². The van der Waals surface area contributed by atoms with Crippen LogP contribution in [-0.2, 0) is 0 Å². The number of benzene rings is 1. The molecule has 2 aromatic rings. The molecular weight excluding hydrogens is 330 g/mol. The van der Waals surface area contributed by atoms with Crippen molar-refractivity contribution in [3.63, 3.8) is 0 Å². The summed E-state index contributed by atoms with van der Waals surface area (Å²) in [5, 5.41) is 20.3. The van der Waals surface area contributed by atoms with Crippen molar-refractivity contribution in [2.45, 2.75) is 32.7 Å². The van der Waals surface area contributed by atoms with E-state index < -0.39 is 6.09 Å². The molecular formula is C19H27N5O2. The molecule has 2 heterocycles.